The Balaban J connectivity index is 0.00000130. The highest BCUT2D eigenvalue weighted by Gasteiger charge is 2.35. The number of fused-ring (bicyclic) bond motifs is 3. The molecule has 6 rings (SSSR count). The lowest BCUT2D eigenvalue weighted by Crippen LogP contribution is -2.15. The van der Waals surface area contributed by atoms with Gasteiger partial charge in [0, 0.05) is 22.4 Å². The minimum atomic E-state index is -0.0634. The minimum Gasteiger partial charge on any atom is -0.355 e. The van der Waals surface area contributed by atoms with Crippen LogP contribution in [0.4, 0.5) is 11.4 Å². The molecule has 1 aliphatic rings. The number of hydrogen-bond acceptors (Lipinski definition) is 1. The maximum Gasteiger partial charge on any atom is 0.0463 e. The molecule has 5 aromatic carbocycles. The van der Waals surface area contributed by atoms with E-state index in [0.29, 0.717) is 0 Å². The Labute approximate surface area is 215 Å². The molecule has 0 radical (unpaired) electrons. The Bertz CT molecular complexity index is 1480. The number of anilines is 2. The minimum absolute atomic E-state index is 0.0634. The molecule has 0 saturated carbocycles. The molecule has 1 heteroatoms. The standard InChI is InChI=1S/C33H27N.C2H6/c1-33(2)30-21-25(23-11-5-3-6-12-23)17-19-28(30)29-20-18-26(22-31(29)33)34-32-16-10-9-15-27(32)24-13-7-4-8-14-24;1-2/h3-22,34H,1-2H3;1-2H3. The van der Waals surface area contributed by atoms with Gasteiger partial charge in [-0.05, 0) is 63.2 Å². The van der Waals surface area contributed by atoms with Gasteiger partial charge in [0.2, 0.25) is 0 Å². The smallest absolute Gasteiger partial charge is 0.0463 e. The summed E-state index contributed by atoms with van der Waals surface area (Å²) in [6.07, 6.45) is 0. The summed E-state index contributed by atoms with van der Waals surface area (Å²) >= 11 is 0. The van der Waals surface area contributed by atoms with Crippen LogP contribution in [0.2, 0.25) is 0 Å². The number of para-hydroxylation sites is 1. The first-order valence-electron chi connectivity index (χ1n) is 12.9. The Morgan fingerprint density at radius 2 is 1.03 bits per heavy atom. The number of nitrogens with one attached hydrogen (secondary N) is 1. The van der Waals surface area contributed by atoms with Gasteiger partial charge in [0.15, 0.2) is 0 Å². The van der Waals surface area contributed by atoms with Crippen molar-refractivity contribution in [1.29, 1.82) is 0 Å². The summed E-state index contributed by atoms with van der Waals surface area (Å²) in [7, 11) is 0. The summed E-state index contributed by atoms with van der Waals surface area (Å²) in [5.74, 6) is 0. The lowest BCUT2D eigenvalue weighted by Gasteiger charge is -2.23. The highest BCUT2D eigenvalue weighted by molar-refractivity contribution is 5.86. The summed E-state index contributed by atoms with van der Waals surface area (Å²) in [6.45, 7) is 8.68. The predicted octanol–water partition coefficient (Wildman–Crippen LogP) is 10.1. The Kier molecular flexibility index (Phi) is 6.48. The molecule has 1 nitrogen and oxygen atoms in total. The van der Waals surface area contributed by atoms with Crippen molar-refractivity contribution in [3.8, 4) is 33.4 Å². The van der Waals surface area contributed by atoms with Crippen LogP contribution in [0.15, 0.2) is 121 Å². The average molecular weight is 468 g/mol. The molecule has 0 atom stereocenters. The molecule has 0 aliphatic heterocycles. The highest BCUT2D eigenvalue weighted by atomic mass is 14.9. The molecular formula is C35H33N. The Hall–Kier alpha value is -4.10. The molecule has 0 saturated heterocycles. The van der Waals surface area contributed by atoms with Gasteiger partial charge in [-0.1, -0.05) is 125 Å². The van der Waals surface area contributed by atoms with Gasteiger partial charge in [0.05, 0.1) is 0 Å². The molecule has 0 bridgehead atoms. The van der Waals surface area contributed by atoms with Crippen molar-refractivity contribution in [1.82, 2.24) is 0 Å². The third kappa shape index (κ3) is 4.22. The van der Waals surface area contributed by atoms with Crippen LogP contribution in [0.5, 0.6) is 0 Å². The predicted molar refractivity (Wildman–Crippen MR) is 156 cm³/mol. The first kappa shape index (κ1) is 23.6. The van der Waals surface area contributed by atoms with Gasteiger partial charge >= 0.3 is 0 Å². The normalized spacial score (nSPS) is 12.7. The summed E-state index contributed by atoms with van der Waals surface area (Å²) < 4.78 is 0. The van der Waals surface area contributed by atoms with Crippen LogP contribution >= 0.6 is 0 Å². The van der Waals surface area contributed by atoms with Gasteiger partial charge in [0.1, 0.15) is 0 Å². The maximum atomic E-state index is 3.70. The van der Waals surface area contributed by atoms with Crippen molar-refractivity contribution in [2.75, 3.05) is 5.32 Å². The number of benzene rings is 5. The van der Waals surface area contributed by atoms with Gasteiger partial charge in [-0.15, -0.1) is 0 Å². The maximum absolute atomic E-state index is 3.70. The number of hydrogen-bond donors (Lipinski definition) is 1. The van der Waals surface area contributed by atoms with Gasteiger partial charge in [-0.2, -0.15) is 0 Å². The van der Waals surface area contributed by atoms with Crippen molar-refractivity contribution in [2.45, 2.75) is 33.1 Å². The van der Waals surface area contributed by atoms with Crippen LogP contribution in [0.25, 0.3) is 33.4 Å². The van der Waals surface area contributed by atoms with Crippen molar-refractivity contribution in [3.05, 3.63) is 132 Å². The highest BCUT2D eigenvalue weighted by Crippen LogP contribution is 2.50. The monoisotopic (exact) mass is 467 g/mol. The van der Waals surface area contributed by atoms with Crippen LogP contribution in [0.3, 0.4) is 0 Å². The van der Waals surface area contributed by atoms with Crippen LogP contribution in [0, 0.1) is 0 Å². The van der Waals surface area contributed by atoms with Gasteiger partial charge in [0.25, 0.3) is 0 Å². The molecule has 178 valence electrons. The van der Waals surface area contributed by atoms with E-state index in [1.54, 1.807) is 0 Å². The molecule has 1 aliphatic carbocycles. The molecule has 36 heavy (non-hydrogen) atoms. The fraction of sp³-hybridized carbons (Fsp3) is 0.143. The average Bonchev–Trinajstić information content (AvgIpc) is 3.17. The largest absolute Gasteiger partial charge is 0.355 e. The topological polar surface area (TPSA) is 12.0 Å². The van der Waals surface area contributed by atoms with Crippen molar-refractivity contribution in [2.24, 2.45) is 0 Å². The first-order valence-corrected chi connectivity index (χ1v) is 12.9. The quantitative estimate of drug-likeness (QED) is 0.277. The Morgan fingerprint density at radius 1 is 0.472 bits per heavy atom. The molecule has 0 heterocycles. The summed E-state index contributed by atoms with van der Waals surface area (Å²) in [5, 5.41) is 3.70. The first-order chi connectivity index (χ1) is 17.6. The van der Waals surface area contributed by atoms with E-state index in [0.717, 1.165) is 11.4 Å². The van der Waals surface area contributed by atoms with Crippen molar-refractivity contribution >= 4 is 11.4 Å². The molecule has 0 unspecified atom stereocenters. The molecule has 5 aromatic rings. The van der Waals surface area contributed by atoms with E-state index in [9.17, 15) is 0 Å². The lowest BCUT2D eigenvalue weighted by atomic mass is 9.81. The van der Waals surface area contributed by atoms with Gasteiger partial charge in [-0.3, -0.25) is 0 Å². The van der Waals surface area contributed by atoms with Crippen molar-refractivity contribution < 1.29 is 0 Å². The Morgan fingerprint density at radius 3 is 1.72 bits per heavy atom. The number of rotatable bonds is 4. The van der Waals surface area contributed by atoms with E-state index in [1.807, 2.05) is 13.8 Å². The second kappa shape index (κ2) is 9.87. The zero-order chi connectivity index (χ0) is 25.1. The van der Waals surface area contributed by atoms with E-state index in [4.69, 9.17) is 0 Å². The zero-order valence-electron chi connectivity index (χ0n) is 21.5. The molecule has 0 aromatic heterocycles. The fourth-order valence-electron chi connectivity index (χ4n) is 5.24. The van der Waals surface area contributed by atoms with Gasteiger partial charge in [-0.25, -0.2) is 0 Å². The second-order valence-corrected chi connectivity index (χ2v) is 9.55. The van der Waals surface area contributed by atoms with Crippen molar-refractivity contribution in [3.63, 3.8) is 0 Å². The van der Waals surface area contributed by atoms with E-state index in [1.165, 1.54) is 44.5 Å². The molecule has 0 amide bonds. The third-order valence-corrected chi connectivity index (χ3v) is 7.07. The third-order valence-electron chi connectivity index (χ3n) is 7.07. The van der Waals surface area contributed by atoms with Gasteiger partial charge < -0.3 is 5.32 Å². The van der Waals surface area contributed by atoms with E-state index in [-0.39, 0.29) is 5.41 Å². The van der Waals surface area contributed by atoms with Crippen LogP contribution < -0.4 is 5.32 Å². The van der Waals surface area contributed by atoms with E-state index >= 15 is 0 Å². The van der Waals surface area contributed by atoms with Crippen LogP contribution in [-0.4, -0.2) is 0 Å². The summed E-state index contributed by atoms with van der Waals surface area (Å²) in [5.41, 5.74) is 12.6. The summed E-state index contributed by atoms with van der Waals surface area (Å²) in [6, 6.07) is 43.5. The molecule has 0 fully saturated rings. The molecule has 1 N–H and O–H groups in total. The van der Waals surface area contributed by atoms with Crippen LogP contribution in [0.1, 0.15) is 38.8 Å². The SMILES string of the molecule is CC.CC1(C)c2cc(Nc3ccccc3-c3ccccc3)ccc2-c2ccc(-c3ccccc3)cc21. The lowest BCUT2D eigenvalue weighted by molar-refractivity contribution is 0.661. The fourth-order valence-corrected chi connectivity index (χ4v) is 5.24. The van der Waals surface area contributed by atoms with E-state index < -0.39 is 0 Å². The van der Waals surface area contributed by atoms with Crippen LogP contribution in [-0.2, 0) is 5.41 Å². The van der Waals surface area contributed by atoms with E-state index in [2.05, 4.69) is 140 Å². The zero-order valence-corrected chi connectivity index (χ0v) is 21.5. The molecular weight excluding hydrogens is 434 g/mol. The second-order valence-electron chi connectivity index (χ2n) is 9.55. The summed E-state index contributed by atoms with van der Waals surface area (Å²) in [4.78, 5) is 0. The molecule has 0 spiro atoms.